The molecular weight excluding hydrogens is 166 g/mol. The predicted octanol–water partition coefficient (Wildman–Crippen LogP) is 0.524. The maximum absolute atomic E-state index is 9.73. The van der Waals surface area contributed by atoms with E-state index in [1.807, 2.05) is 0 Å². The van der Waals surface area contributed by atoms with Crippen molar-refractivity contribution < 1.29 is 9.84 Å². The van der Waals surface area contributed by atoms with E-state index in [0.717, 1.165) is 26.1 Å². The summed E-state index contributed by atoms with van der Waals surface area (Å²) in [6.45, 7) is 3.71. The van der Waals surface area contributed by atoms with Crippen LogP contribution in [-0.4, -0.2) is 36.5 Å². The zero-order valence-corrected chi connectivity index (χ0v) is 8.20. The van der Waals surface area contributed by atoms with Gasteiger partial charge in [0.2, 0.25) is 0 Å². The van der Waals surface area contributed by atoms with Gasteiger partial charge in [0, 0.05) is 18.0 Å². The number of morpholine rings is 1. The SMILES string of the molecule is CC1COCC(C2CCCC2O)N1. The molecule has 0 bridgehead atoms. The van der Waals surface area contributed by atoms with Crippen LogP contribution in [0, 0.1) is 5.92 Å². The molecule has 0 aromatic carbocycles. The van der Waals surface area contributed by atoms with Crippen LogP contribution in [0.2, 0.25) is 0 Å². The molecule has 2 fully saturated rings. The first-order valence-electron chi connectivity index (χ1n) is 5.29. The number of nitrogens with one attached hydrogen (secondary N) is 1. The average Bonchev–Trinajstić information content (AvgIpc) is 2.51. The van der Waals surface area contributed by atoms with Crippen LogP contribution in [0.3, 0.4) is 0 Å². The summed E-state index contributed by atoms with van der Waals surface area (Å²) >= 11 is 0. The number of hydrogen-bond acceptors (Lipinski definition) is 3. The van der Waals surface area contributed by atoms with E-state index in [4.69, 9.17) is 4.74 Å². The van der Waals surface area contributed by atoms with Crippen molar-refractivity contribution in [3.05, 3.63) is 0 Å². The third-order valence-electron chi connectivity index (χ3n) is 3.21. The highest BCUT2D eigenvalue weighted by molar-refractivity contribution is 4.89. The molecule has 76 valence electrons. The van der Waals surface area contributed by atoms with E-state index < -0.39 is 0 Å². The lowest BCUT2D eigenvalue weighted by molar-refractivity contribution is 0.00693. The molecule has 0 amide bonds. The minimum atomic E-state index is -0.105. The minimum absolute atomic E-state index is 0.105. The molecule has 1 saturated carbocycles. The molecule has 3 nitrogen and oxygen atoms in total. The Morgan fingerprint density at radius 3 is 2.77 bits per heavy atom. The molecule has 13 heavy (non-hydrogen) atoms. The van der Waals surface area contributed by atoms with Gasteiger partial charge in [0.25, 0.3) is 0 Å². The molecule has 1 aliphatic heterocycles. The van der Waals surface area contributed by atoms with Crippen molar-refractivity contribution in [1.29, 1.82) is 0 Å². The summed E-state index contributed by atoms with van der Waals surface area (Å²) in [5.41, 5.74) is 0. The van der Waals surface area contributed by atoms with Gasteiger partial charge in [-0.3, -0.25) is 0 Å². The van der Waals surface area contributed by atoms with Gasteiger partial charge in [0.1, 0.15) is 0 Å². The lowest BCUT2D eigenvalue weighted by Gasteiger charge is -2.34. The fourth-order valence-corrected chi connectivity index (χ4v) is 2.52. The van der Waals surface area contributed by atoms with Crippen molar-refractivity contribution in [3.63, 3.8) is 0 Å². The first-order valence-corrected chi connectivity index (χ1v) is 5.29. The molecule has 2 rings (SSSR count). The molecule has 0 spiro atoms. The second-order valence-corrected chi connectivity index (χ2v) is 4.37. The number of rotatable bonds is 1. The van der Waals surface area contributed by atoms with Crippen molar-refractivity contribution in [3.8, 4) is 0 Å². The lowest BCUT2D eigenvalue weighted by Crippen LogP contribution is -2.52. The van der Waals surface area contributed by atoms with E-state index in [0.29, 0.717) is 18.0 Å². The highest BCUT2D eigenvalue weighted by Crippen LogP contribution is 2.29. The van der Waals surface area contributed by atoms with E-state index >= 15 is 0 Å². The maximum atomic E-state index is 9.73. The summed E-state index contributed by atoms with van der Waals surface area (Å²) in [4.78, 5) is 0. The predicted molar refractivity (Wildman–Crippen MR) is 50.6 cm³/mol. The Morgan fingerprint density at radius 2 is 2.15 bits per heavy atom. The molecule has 4 unspecified atom stereocenters. The molecule has 1 aliphatic carbocycles. The summed E-state index contributed by atoms with van der Waals surface area (Å²) in [6, 6.07) is 0.813. The molecule has 4 atom stereocenters. The average molecular weight is 185 g/mol. The Balaban J connectivity index is 1.91. The van der Waals surface area contributed by atoms with Crippen molar-refractivity contribution >= 4 is 0 Å². The Hall–Kier alpha value is -0.120. The number of aliphatic hydroxyl groups is 1. The van der Waals surface area contributed by atoms with E-state index in [-0.39, 0.29) is 6.10 Å². The minimum Gasteiger partial charge on any atom is -0.393 e. The normalized spacial score (nSPS) is 46.6. The van der Waals surface area contributed by atoms with Crippen molar-refractivity contribution in [2.45, 2.75) is 44.4 Å². The summed E-state index contributed by atoms with van der Waals surface area (Å²) in [7, 11) is 0. The van der Waals surface area contributed by atoms with Crippen molar-refractivity contribution in [2.24, 2.45) is 5.92 Å². The van der Waals surface area contributed by atoms with E-state index in [2.05, 4.69) is 12.2 Å². The highest BCUT2D eigenvalue weighted by atomic mass is 16.5. The zero-order valence-electron chi connectivity index (χ0n) is 8.20. The summed E-state index contributed by atoms with van der Waals surface area (Å²) in [6.07, 6.45) is 3.18. The van der Waals surface area contributed by atoms with Crippen LogP contribution in [0.4, 0.5) is 0 Å². The van der Waals surface area contributed by atoms with Gasteiger partial charge in [-0.2, -0.15) is 0 Å². The van der Waals surface area contributed by atoms with Crippen LogP contribution in [0.5, 0.6) is 0 Å². The van der Waals surface area contributed by atoms with Gasteiger partial charge in [-0.05, 0) is 19.8 Å². The van der Waals surface area contributed by atoms with Gasteiger partial charge >= 0.3 is 0 Å². The third-order valence-corrected chi connectivity index (χ3v) is 3.21. The lowest BCUT2D eigenvalue weighted by atomic mass is 9.95. The molecule has 0 aromatic rings. The van der Waals surface area contributed by atoms with E-state index in [1.165, 1.54) is 6.42 Å². The first-order chi connectivity index (χ1) is 6.27. The highest BCUT2D eigenvalue weighted by Gasteiger charge is 2.34. The number of aliphatic hydroxyl groups excluding tert-OH is 1. The smallest absolute Gasteiger partial charge is 0.0624 e. The fraction of sp³-hybridized carbons (Fsp3) is 1.00. The summed E-state index contributed by atoms with van der Waals surface area (Å²) in [5, 5.41) is 13.2. The zero-order chi connectivity index (χ0) is 9.26. The molecule has 1 heterocycles. The monoisotopic (exact) mass is 185 g/mol. The second kappa shape index (κ2) is 3.95. The van der Waals surface area contributed by atoms with Gasteiger partial charge in [0.15, 0.2) is 0 Å². The Kier molecular flexibility index (Phi) is 2.86. The van der Waals surface area contributed by atoms with E-state index in [9.17, 15) is 5.11 Å². The van der Waals surface area contributed by atoms with Gasteiger partial charge in [-0.1, -0.05) is 6.42 Å². The van der Waals surface area contributed by atoms with Crippen LogP contribution < -0.4 is 5.32 Å². The Morgan fingerprint density at radius 1 is 1.31 bits per heavy atom. The van der Waals surface area contributed by atoms with Gasteiger partial charge in [-0.15, -0.1) is 0 Å². The van der Waals surface area contributed by atoms with Gasteiger partial charge in [0.05, 0.1) is 19.3 Å². The summed E-state index contributed by atoms with van der Waals surface area (Å²) < 4.78 is 5.48. The fourth-order valence-electron chi connectivity index (χ4n) is 2.52. The molecule has 0 aromatic heterocycles. The van der Waals surface area contributed by atoms with Crippen LogP contribution in [-0.2, 0) is 4.74 Å². The third kappa shape index (κ3) is 2.03. The number of hydrogen-bond donors (Lipinski definition) is 2. The number of ether oxygens (including phenoxy) is 1. The standard InChI is InChI=1S/C10H19NO2/c1-7-5-13-6-9(11-7)8-3-2-4-10(8)12/h7-12H,2-6H2,1H3. The Labute approximate surface area is 79.5 Å². The molecule has 3 heteroatoms. The van der Waals surface area contributed by atoms with Gasteiger partial charge in [-0.25, -0.2) is 0 Å². The second-order valence-electron chi connectivity index (χ2n) is 4.37. The van der Waals surface area contributed by atoms with E-state index in [1.54, 1.807) is 0 Å². The van der Waals surface area contributed by atoms with Crippen LogP contribution >= 0.6 is 0 Å². The van der Waals surface area contributed by atoms with Crippen LogP contribution in [0.25, 0.3) is 0 Å². The molecular formula is C10H19NO2. The topological polar surface area (TPSA) is 41.5 Å². The molecule has 2 aliphatic rings. The summed E-state index contributed by atoms with van der Waals surface area (Å²) in [5.74, 6) is 0.419. The first kappa shape index (κ1) is 9.44. The van der Waals surface area contributed by atoms with Crippen LogP contribution in [0.15, 0.2) is 0 Å². The molecule has 2 N–H and O–H groups in total. The molecule has 1 saturated heterocycles. The quantitative estimate of drug-likeness (QED) is 0.626. The maximum Gasteiger partial charge on any atom is 0.0624 e. The molecule has 0 radical (unpaired) electrons. The Bertz CT molecular complexity index is 174. The van der Waals surface area contributed by atoms with Crippen molar-refractivity contribution in [2.75, 3.05) is 13.2 Å². The van der Waals surface area contributed by atoms with Crippen LogP contribution in [0.1, 0.15) is 26.2 Å². The largest absolute Gasteiger partial charge is 0.393 e. The van der Waals surface area contributed by atoms with Crippen molar-refractivity contribution in [1.82, 2.24) is 5.32 Å². The van der Waals surface area contributed by atoms with Gasteiger partial charge < -0.3 is 15.2 Å².